The fourth-order valence-electron chi connectivity index (χ4n) is 1.76. The number of ether oxygens (including phenoxy) is 1. The molecule has 0 atom stereocenters. The van der Waals surface area contributed by atoms with Gasteiger partial charge in [0.05, 0.1) is 18.4 Å². The molecule has 0 aliphatic heterocycles. The number of hydrogen-bond donors (Lipinski definition) is 0. The molecule has 0 heterocycles. The zero-order valence-corrected chi connectivity index (χ0v) is 11.1. The van der Waals surface area contributed by atoms with Crippen LogP contribution in [-0.2, 0) is 9.53 Å². The number of carbonyl (C=O) groups is 1. The topological polar surface area (TPSA) is 53.3 Å². The molecule has 0 bridgehead atoms. The first-order valence-corrected chi connectivity index (χ1v) is 5.87. The van der Waals surface area contributed by atoms with Gasteiger partial charge < -0.3 is 9.64 Å². The van der Waals surface area contributed by atoms with Gasteiger partial charge in [-0.1, -0.05) is 6.07 Å². The van der Waals surface area contributed by atoms with Crippen LogP contribution in [0.1, 0.15) is 24.0 Å². The third-order valence-electron chi connectivity index (χ3n) is 2.79. The van der Waals surface area contributed by atoms with E-state index in [1.165, 1.54) is 7.11 Å². The predicted molar refractivity (Wildman–Crippen MR) is 70.4 cm³/mol. The Labute approximate surface area is 108 Å². The number of methoxy groups -OCH3 is 1. The fraction of sp³-hybridized carbons (Fsp3) is 0.429. The van der Waals surface area contributed by atoms with Crippen LogP contribution in [0.15, 0.2) is 18.2 Å². The van der Waals surface area contributed by atoms with Crippen molar-refractivity contribution < 1.29 is 9.53 Å². The van der Waals surface area contributed by atoms with E-state index in [0.29, 0.717) is 24.9 Å². The molecule has 0 saturated heterocycles. The van der Waals surface area contributed by atoms with Crippen LogP contribution in [-0.4, -0.2) is 26.7 Å². The Hall–Kier alpha value is -2.02. The van der Waals surface area contributed by atoms with Gasteiger partial charge >= 0.3 is 5.97 Å². The molecule has 0 N–H and O–H groups in total. The number of benzene rings is 1. The van der Waals surface area contributed by atoms with Gasteiger partial charge in [-0.25, -0.2) is 0 Å². The highest BCUT2D eigenvalue weighted by molar-refractivity contribution is 5.69. The first kappa shape index (κ1) is 14.0. The lowest BCUT2D eigenvalue weighted by atomic mass is 10.1. The summed E-state index contributed by atoms with van der Waals surface area (Å²) in [5.41, 5.74) is 2.63. The zero-order chi connectivity index (χ0) is 13.5. The van der Waals surface area contributed by atoms with Crippen LogP contribution >= 0.6 is 0 Å². The molecule has 0 aliphatic rings. The molecule has 0 aromatic heterocycles. The van der Waals surface area contributed by atoms with Gasteiger partial charge in [-0.2, -0.15) is 5.26 Å². The zero-order valence-electron chi connectivity index (χ0n) is 11.1. The number of anilines is 1. The normalized spacial score (nSPS) is 9.67. The van der Waals surface area contributed by atoms with Crippen LogP contribution in [0.3, 0.4) is 0 Å². The van der Waals surface area contributed by atoms with Crippen LogP contribution in [0.25, 0.3) is 0 Å². The van der Waals surface area contributed by atoms with E-state index in [2.05, 4.69) is 10.8 Å². The Morgan fingerprint density at radius 1 is 1.50 bits per heavy atom. The third kappa shape index (κ3) is 3.77. The van der Waals surface area contributed by atoms with Gasteiger partial charge in [0, 0.05) is 20.0 Å². The van der Waals surface area contributed by atoms with E-state index >= 15 is 0 Å². The van der Waals surface area contributed by atoms with Gasteiger partial charge in [-0.15, -0.1) is 0 Å². The van der Waals surface area contributed by atoms with Gasteiger partial charge in [-0.05, 0) is 31.0 Å². The maximum atomic E-state index is 11.0. The van der Waals surface area contributed by atoms with Gasteiger partial charge in [0.25, 0.3) is 0 Å². The van der Waals surface area contributed by atoms with Crippen LogP contribution < -0.4 is 4.90 Å². The van der Waals surface area contributed by atoms with E-state index in [0.717, 1.165) is 11.3 Å². The second-order valence-electron chi connectivity index (χ2n) is 4.23. The average Bonchev–Trinajstić information content (AvgIpc) is 2.37. The van der Waals surface area contributed by atoms with Crippen LogP contribution in [0.5, 0.6) is 0 Å². The summed E-state index contributed by atoms with van der Waals surface area (Å²) in [7, 11) is 3.31. The number of esters is 1. The molecule has 0 aliphatic carbocycles. The van der Waals surface area contributed by atoms with Crippen molar-refractivity contribution in [2.24, 2.45) is 0 Å². The third-order valence-corrected chi connectivity index (χ3v) is 2.79. The van der Waals surface area contributed by atoms with Crippen molar-refractivity contribution in [2.45, 2.75) is 19.8 Å². The summed E-state index contributed by atoms with van der Waals surface area (Å²) in [6.07, 6.45) is 1.11. The van der Waals surface area contributed by atoms with Crippen molar-refractivity contribution in [3.8, 4) is 6.07 Å². The molecule has 1 aromatic rings. The minimum absolute atomic E-state index is 0.201. The smallest absolute Gasteiger partial charge is 0.305 e. The van der Waals surface area contributed by atoms with Crippen molar-refractivity contribution in [1.82, 2.24) is 0 Å². The van der Waals surface area contributed by atoms with Crippen LogP contribution in [0, 0.1) is 18.3 Å². The molecule has 0 fully saturated rings. The van der Waals surface area contributed by atoms with E-state index in [4.69, 9.17) is 5.26 Å². The minimum Gasteiger partial charge on any atom is -0.469 e. The molecule has 1 rings (SSSR count). The van der Waals surface area contributed by atoms with E-state index in [1.54, 1.807) is 0 Å². The molecule has 0 unspecified atom stereocenters. The Balaban J connectivity index is 2.64. The summed E-state index contributed by atoms with van der Waals surface area (Å²) in [5.74, 6) is -0.201. The molecular formula is C14H18N2O2. The second kappa shape index (κ2) is 6.65. The van der Waals surface area contributed by atoms with Crippen molar-refractivity contribution in [2.75, 3.05) is 25.6 Å². The molecule has 4 heteroatoms. The summed E-state index contributed by atoms with van der Waals surface area (Å²) in [5, 5.41) is 9.09. The molecule has 96 valence electrons. The molecule has 0 spiro atoms. The number of rotatable bonds is 5. The molecule has 18 heavy (non-hydrogen) atoms. The van der Waals surface area contributed by atoms with Crippen molar-refractivity contribution in [1.29, 1.82) is 5.26 Å². The maximum absolute atomic E-state index is 11.0. The Kier molecular flexibility index (Phi) is 5.19. The summed E-state index contributed by atoms with van der Waals surface area (Å²) in [6, 6.07) is 7.98. The second-order valence-corrected chi connectivity index (χ2v) is 4.23. The lowest BCUT2D eigenvalue weighted by molar-refractivity contribution is -0.140. The van der Waals surface area contributed by atoms with Gasteiger partial charge in [0.2, 0.25) is 0 Å². The first-order chi connectivity index (χ1) is 8.58. The largest absolute Gasteiger partial charge is 0.469 e. The van der Waals surface area contributed by atoms with Crippen molar-refractivity contribution >= 4 is 11.7 Å². The standard InChI is InChI=1S/C14H18N2O2/c1-11-6-7-13(12(9-11)10-15)16(2)8-4-5-14(17)18-3/h6-7,9H,4-5,8H2,1-3H3. The predicted octanol–water partition coefficient (Wildman–Crippen LogP) is 2.26. The SMILES string of the molecule is COC(=O)CCCN(C)c1ccc(C)cc1C#N. The fourth-order valence-corrected chi connectivity index (χ4v) is 1.76. The van der Waals surface area contributed by atoms with Crippen molar-refractivity contribution in [3.63, 3.8) is 0 Å². The summed E-state index contributed by atoms with van der Waals surface area (Å²) >= 11 is 0. The van der Waals surface area contributed by atoms with E-state index in [9.17, 15) is 4.79 Å². The van der Waals surface area contributed by atoms with Crippen LogP contribution in [0.4, 0.5) is 5.69 Å². The first-order valence-electron chi connectivity index (χ1n) is 5.87. The van der Waals surface area contributed by atoms with E-state index < -0.39 is 0 Å². The summed E-state index contributed by atoms with van der Waals surface area (Å²) in [6.45, 7) is 2.68. The Morgan fingerprint density at radius 3 is 2.83 bits per heavy atom. The number of carbonyl (C=O) groups excluding carboxylic acids is 1. The molecule has 4 nitrogen and oxygen atoms in total. The number of hydrogen-bond acceptors (Lipinski definition) is 4. The summed E-state index contributed by atoms with van der Waals surface area (Å²) in [4.78, 5) is 13.0. The van der Waals surface area contributed by atoms with Gasteiger partial charge in [0.1, 0.15) is 6.07 Å². The maximum Gasteiger partial charge on any atom is 0.305 e. The van der Waals surface area contributed by atoms with E-state index in [-0.39, 0.29) is 5.97 Å². The highest BCUT2D eigenvalue weighted by Gasteiger charge is 2.08. The lowest BCUT2D eigenvalue weighted by Crippen LogP contribution is -2.20. The van der Waals surface area contributed by atoms with Gasteiger partial charge in [-0.3, -0.25) is 4.79 Å². The lowest BCUT2D eigenvalue weighted by Gasteiger charge is -2.20. The highest BCUT2D eigenvalue weighted by Crippen LogP contribution is 2.20. The number of nitriles is 1. The minimum atomic E-state index is -0.201. The van der Waals surface area contributed by atoms with Crippen molar-refractivity contribution in [3.05, 3.63) is 29.3 Å². The Morgan fingerprint density at radius 2 is 2.22 bits per heavy atom. The molecule has 0 radical (unpaired) electrons. The number of aryl methyl sites for hydroxylation is 1. The van der Waals surface area contributed by atoms with Gasteiger partial charge in [0.15, 0.2) is 0 Å². The molecule has 0 saturated carbocycles. The van der Waals surface area contributed by atoms with Crippen LogP contribution in [0.2, 0.25) is 0 Å². The quantitative estimate of drug-likeness (QED) is 0.748. The monoisotopic (exact) mass is 246 g/mol. The highest BCUT2D eigenvalue weighted by atomic mass is 16.5. The Bertz CT molecular complexity index is 463. The molecule has 0 amide bonds. The van der Waals surface area contributed by atoms with E-state index in [1.807, 2.05) is 37.1 Å². The summed E-state index contributed by atoms with van der Waals surface area (Å²) < 4.78 is 4.59. The molecule has 1 aromatic carbocycles. The average molecular weight is 246 g/mol. The number of nitrogens with zero attached hydrogens (tertiary/aromatic N) is 2. The molecular weight excluding hydrogens is 228 g/mol.